The van der Waals surface area contributed by atoms with Crippen molar-refractivity contribution in [1.29, 1.82) is 0 Å². The van der Waals surface area contributed by atoms with Gasteiger partial charge in [-0.15, -0.1) is 0 Å². The van der Waals surface area contributed by atoms with Crippen LogP contribution < -0.4 is 15.0 Å². The average Bonchev–Trinajstić information content (AvgIpc) is 2.37. The van der Waals surface area contributed by atoms with Crippen molar-refractivity contribution in [3.63, 3.8) is 0 Å². The molecule has 0 spiro atoms. The molecule has 0 radical (unpaired) electrons. The lowest BCUT2D eigenvalue weighted by Gasteiger charge is -2.34. The molecule has 0 aromatic carbocycles. The molecule has 1 fully saturated rings. The fourth-order valence-electron chi connectivity index (χ4n) is 2.16. The zero-order valence-electron chi connectivity index (χ0n) is 11.9. The predicted octanol–water partition coefficient (Wildman–Crippen LogP) is 1.64. The van der Waals surface area contributed by atoms with Crippen molar-refractivity contribution in [3.8, 4) is 6.01 Å². The predicted molar refractivity (Wildman–Crippen MR) is 79.3 cm³/mol. The first-order valence-electron chi connectivity index (χ1n) is 6.56. The van der Waals surface area contributed by atoms with Crippen molar-refractivity contribution in [2.24, 2.45) is 0 Å². The third kappa shape index (κ3) is 3.62. The van der Waals surface area contributed by atoms with Gasteiger partial charge in [0.25, 0.3) is 0 Å². The lowest BCUT2D eigenvalue weighted by Crippen LogP contribution is -2.41. The van der Waals surface area contributed by atoms with Crippen LogP contribution in [0.2, 0.25) is 0 Å². The van der Waals surface area contributed by atoms with E-state index in [0.29, 0.717) is 28.4 Å². The molecule has 1 aliphatic heterocycles. The maximum Gasteiger partial charge on any atom is 0.322 e. The number of anilines is 2. The Bertz CT molecular complexity index is 421. The van der Waals surface area contributed by atoms with E-state index in [1.807, 2.05) is 18.7 Å². The largest absolute Gasteiger partial charge is 0.467 e. The summed E-state index contributed by atoms with van der Waals surface area (Å²) in [5.41, 5.74) is 0. The van der Waals surface area contributed by atoms with Crippen LogP contribution in [0.3, 0.4) is 0 Å². The number of rotatable bonds is 4. The zero-order valence-corrected chi connectivity index (χ0v) is 12.7. The van der Waals surface area contributed by atoms with Crippen LogP contribution in [0.5, 0.6) is 6.01 Å². The molecule has 2 unspecified atom stereocenters. The highest BCUT2D eigenvalue weighted by atomic mass is 32.2. The Balaban J connectivity index is 2.24. The van der Waals surface area contributed by atoms with Gasteiger partial charge in [-0.2, -0.15) is 26.7 Å². The van der Waals surface area contributed by atoms with Gasteiger partial charge in [0.2, 0.25) is 11.9 Å². The molecule has 7 heteroatoms. The van der Waals surface area contributed by atoms with Gasteiger partial charge in [-0.25, -0.2) is 0 Å². The summed E-state index contributed by atoms with van der Waals surface area (Å²) in [6, 6.07) is 0.361. The first-order chi connectivity index (χ1) is 9.12. The van der Waals surface area contributed by atoms with Gasteiger partial charge in [0.1, 0.15) is 0 Å². The highest BCUT2D eigenvalue weighted by Gasteiger charge is 2.25. The van der Waals surface area contributed by atoms with Crippen molar-refractivity contribution in [2.45, 2.75) is 31.3 Å². The molecule has 2 heterocycles. The Hall–Kier alpha value is -1.24. The Morgan fingerprint density at radius 2 is 1.95 bits per heavy atom. The molecular formula is C12H21N5OS. The van der Waals surface area contributed by atoms with Gasteiger partial charge in [-0.05, 0) is 6.92 Å². The average molecular weight is 283 g/mol. The molecule has 1 saturated heterocycles. The quantitative estimate of drug-likeness (QED) is 0.901. The number of thioether (sulfide) groups is 1. The van der Waals surface area contributed by atoms with Crippen LogP contribution in [-0.2, 0) is 0 Å². The number of methoxy groups -OCH3 is 1. The van der Waals surface area contributed by atoms with Crippen molar-refractivity contribution >= 4 is 23.7 Å². The Morgan fingerprint density at radius 3 is 2.53 bits per heavy atom. The second-order valence-corrected chi connectivity index (χ2v) is 6.52. The van der Waals surface area contributed by atoms with E-state index in [4.69, 9.17) is 4.74 Å². The van der Waals surface area contributed by atoms with E-state index in [1.165, 1.54) is 0 Å². The van der Waals surface area contributed by atoms with E-state index in [9.17, 15) is 0 Å². The van der Waals surface area contributed by atoms with E-state index in [1.54, 1.807) is 7.11 Å². The maximum absolute atomic E-state index is 5.15. The molecule has 0 bridgehead atoms. The van der Waals surface area contributed by atoms with Gasteiger partial charge in [-0.1, -0.05) is 13.8 Å². The fourth-order valence-corrected chi connectivity index (χ4v) is 3.48. The number of ether oxygens (including phenoxy) is 1. The molecule has 0 amide bonds. The van der Waals surface area contributed by atoms with Crippen LogP contribution in [0.1, 0.15) is 20.8 Å². The second-order valence-electron chi connectivity index (χ2n) is 4.64. The lowest BCUT2D eigenvalue weighted by atomic mass is 10.3. The molecule has 1 aromatic rings. The third-order valence-corrected chi connectivity index (χ3v) is 4.05. The fraction of sp³-hybridized carbons (Fsp3) is 0.750. The van der Waals surface area contributed by atoms with Crippen LogP contribution in [-0.4, -0.2) is 52.2 Å². The molecule has 1 aliphatic rings. The summed E-state index contributed by atoms with van der Waals surface area (Å²) in [6.45, 7) is 9.16. The van der Waals surface area contributed by atoms with Crippen LogP contribution in [0.15, 0.2) is 0 Å². The first kappa shape index (κ1) is 14.2. The summed E-state index contributed by atoms with van der Waals surface area (Å²) in [5.74, 6) is 1.27. The maximum atomic E-state index is 5.15. The van der Waals surface area contributed by atoms with Gasteiger partial charge < -0.3 is 15.0 Å². The van der Waals surface area contributed by atoms with E-state index in [2.05, 4.69) is 39.0 Å². The minimum Gasteiger partial charge on any atom is -0.467 e. The van der Waals surface area contributed by atoms with Crippen LogP contribution in [0.25, 0.3) is 0 Å². The van der Waals surface area contributed by atoms with Crippen molar-refractivity contribution < 1.29 is 4.74 Å². The van der Waals surface area contributed by atoms with Crippen molar-refractivity contribution in [2.75, 3.05) is 37.0 Å². The summed E-state index contributed by atoms with van der Waals surface area (Å²) in [4.78, 5) is 15.2. The molecule has 1 N–H and O–H groups in total. The number of aromatic nitrogens is 3. The lowest BCUT2D eigenvalue weighted by molar-refractivity contribution is 0.378. The summed E-state index contributed by atoms with van der Waals surface area (Å²) >= 11 is 2.00. The minimum absolute atomic E-state index is 0.361. The molecule has 0 saturated carbocycles. The van der Waals surface area contributed by atoms with Crippen molar-refractivity contribution in [3.05, 3.63) is 0 Å². The van der Waals surface area contributed by atoms with E-state index < -0.39 is 0 Å². The molecule has 2 rings (SSSR count). The highest BCUT2D eigenvalue weighted by Crippen LogP contribution is 2.27. The first-order valence-corrected chi connectivity index (χ1v) is 7.51. The van der Waals surface area contributed by atoms with Gasteiger partial charge in [-0.3, -0.25) is 0 Å². The standard InChI is InChI=1S/C12H21N5OS/c1-5-13-10-14-11(16-12(15-10)18-4)17-6-8(2)19-9(3)7-17/h8-9H,5-7H2,1-4H3,(H,13,14,15,16). The van der Waals surface area contributed by atoms with Crippen LogP contribution in [0, 0.1) is 0 Å². The molecule has 1 aromatic heterocycles. The monoisotopic (exact) mass is 283 g/mol. The summed E-state index contributed by atoms with van der Waals surface area (Å²) in [6.07, 6.45) is 0. The Morgan fingerprint density at radius 1 is 1.26 bits per heavy atom. The zero-order chi connectivity index (χ0) is 13.8. The topological polar surface area (TPSA) is 63.2 Å². The third-order valence-electron chi connectivity index (χ3n) is 2.82. The molecule has 2 atom stereocenters. The summed E-state index contributed by atoms with van der Waals surface area (Å²) in [7, 11) is 1.58. The van der Waals surface area contributed by atoms with Crippen LogP contribution in [0.4, 0.5) is 11.9 Å². The molecule has 6 nitrogen and oxygen atoms in total. The Labute approximate surface area is 118 Å². The molecule has 19 heavy (non-hydrogen) atoms. The smallest absolute Gasteiger partial charge is 0.322 e. The van der Waals surface area contributed by atoms with E-state index in [-0.39, 0.29) is 0 Å². The number of nitrogens with one attached hydrogen (secondary N) is 1. The highest BCUT2D eigenvalue weighted by molar-refractivity contribution is 8.00. The van der Waals surface area contributed by atoms with Gasteiger partial charge in [0.15, 0.2) is 0 Å². The van der Waals surface area contributed by atoms with Crippen molar-refractivity contribution in [1.82, 2.24) is 15.0 Å². The summed E-state index contributed by atoms with van der Waals surface area (Å²) < 4.78 is 5.15. The van der Waals surface area contributed by atoms with Gasteiger partial charge in [0.05, 0.1) is 7.11 Å². The molecule has 106 valence electrons. The van der Waals surface area contributed by atoms with E-state index in [0.717, 1.165) is 19.6 Å². The number of hydrogen-bond acceptors (Lipinski definition) is 7. The summed E-state index contributed by atoms with van der Waals surface area (Å²) in [5, 5.41) is 4.27. The van der Waals surface area contributed by atoms with E-state index >= 15 is 0 Å². The number of hydrogen-bond donors (Lipinski definition) is 1. The second kappa shape index (κ2) is 6.27. The molecular weight excluding hydrogens is 262 g/mol. The normalized spacial score (nSPS) is 23.3. The Kier molecular flexibility index (Phi) is 4.68. The van der Waals surface area contributed by atoms with Gasteiger partial charge >= 0.3 is 6.01 Å². The number of nitrogens with zero attached hydrogens (tertiary/aromatic N) is 4. The van der Waals surface area contributed by atoms with Crippen LogP contribution >= 0.6 is 11.8 Å². The van der Waals surface area contributed by atoms with Gasteiger partial charge in [0, 0.05) is 30.1 Å². The molecule has 0 aliphatic carbocycles. The SMILES string of the molecule is CCNc1nc(OC)nc(N2CC(C)SC(C)C2)n1. The minimum atomic E-state index is 0.361.